The molecule has 180 valence electrons. The largest absolute Gasteiger partial charge is 0.462 e. The van der Waals surface area contributed by atoms with Crippen molar-refractivity contribution in [3.05, 3.63) is 76.0 Å². The molecule has 0 aliphatic carbocycles. The predicted octanol–water partition coefficient (Wildman–Crippen LogP) is 3.20. The molecule has 2 aromatic heterocycles. The summed E-state index contributed by atoms with van der Waals surface area (Å²) in [5.41, 5.74) is 0.927. The highest BCUT2D eigenvalue weighted by Gasteiger charge is 2.25. The Morgan fingerprint density at radius 2 is 1.97 bits per heavy atom. The highest BCUT2D eigenvalue weighted by atomic mass is 32.2. The Morgan fingerprint density at radius 1 is 1.23 bits per heavy atom. The number of aryl methyl sites for hydroxylation is 1. The molecule has 4 rings (SSSR count). The number of carbonyl (C=O) groups is 1. The number of pyridine rings is 1. The number of sulfonamides is 1. The maximum atomic E-state index is 12.6. The van der Waals surface area contributed by atoms with E-state index in [0.717, 1.165) is 23.1 Å². The number of nitrogens with one attached hydrogen (secondary N) is 1. The van der Waals surface area contributed by atoms with Gasteiger partial charge in [-0.05, 0) is 43.7 Å². The van der Waals surface area contributed by atoms with Crippen LogP contribution in [0.25, 0.3) is 16.7 Å². The van der Waals surface area contributed by atoms with Crippen LogP contribution >= 0.6 is 0 Å². The number of para-hydroxylation sites is 1. The topological polar surface area (TPSA) is 172 Å². The lowest BCUT2D eigenvalue weighted by atomic mass is 10.1. The molecule has 13 heteroatoms. The number of anilines is 2. The zero-order valence-electron chi connectivity index (χ0n) is 18.6. The number of benzene rings is 2. The molecule has 0 saturated carbocycles. The number of hydrogen-bond acceptors (Lipinski definition) is 9. The van der Waals surface area contributed by atoms with Crippen LogP contribution in [-0.4, -0.2) is 40.7 Å². The number of nitrogens with two attached hydrogens (primary N) is 1. The number of nitrogens with zero attached hydrogens (tertiary/aromatic N) is 4. The summed E-state index contributed by atoms with van der Waals surface area (Å²) in [4.78, 5) is 27.7. The van der Waals surface area contributed by atoms with Gasteiger partial charge in [0, 0.05) is 11.5 Å². The van der Waals surface area contributed by atoms with Crippen LogP contribution < -0.4 is 10.5 Å². The molecule has 4 aromatic rings. The zero-order valence-corrected chi connectivity index (χ0v) is 19.4. The van der Waals surface area contributed by atoms with Gasteiger partial charge < -0.3 is 10.1 Å². The molecule has 3 N–H and O–H groups in total. The molecule has 0 aliphatic rings. The first-order valence-corrected chi connectivity index (χ1v) is 11.8. The van der Waals surface area contributed by atoms with Gasteiger partial charge in [0.25, 0.3) is 5.69 Å². The molecule has 0 amide bonds. The summed E-state index contributed by atoms with van der Waals surface area (Å²) in [5, 5.41) is 24.9. The smallest absolute Gasteiger partial charge is 0.343 e. The second-order valence-electron chi connectivity index (χ2n) is 7.46. The Bertz CT molecular complexity index is 1580. The van der Waals surface area contributed by atoms with Crippen molar-refractivity contribution in [3.63, 3.8) is 0 Å². The van der Waals surface area contributed by atoms with Crippen LogP contribution in [0.1, 0.15) is 22.8 Å². The van der Waals surface area contributed by atoms with Gasteiger partial charge >= 0.3 is 5.97 Å². The number of nitro benzene ring substituents is 1. The first-order chi connectivity index (χ1) is 16.6. The fraction of sp³-hybridized carbons (Fsp3) is 0.136. The van der Waals surface area contributed by atoms with Crippen LogP contribution in [0.15, 0.2) is 59.6 Å². The van der Waals surface area contributed by atoms with E-state index in [1.807, 2.05) is 31.2 Å². The standard InChI is InChI=1S/C22H20N6O6S/c1-3-34-22(29)16-12-24-27(20-10-13(2)15-6-4-5-7-17(15)25-20)21(16)26-18-9-8-14(35(23,32)33)11-19(18)28(30)31/h4-12,26H,3H2,1-2H3,(H2,23,32,33). The van der Waals surface area contributed by atoms with Crippen molar-refractivity contribution in [2.24, 2.45) is 5.14 Å². The maximum absolute atomic E-state index is 12.6. The number of aromatic nitrogens is 3. The van der Waals surface area contributed by atoms with Gasteiger partial charge in [-0.1, -0.05) is 18.2 Å². The molecule has 0 aliphatic heterocycles. The molecule has 0 atom stereocenters. The fourth-order valence-corrected chi connectivity index (χ4v) is 4.05. The first kappa shape index (κ1) is 23.8. The van der Waals surface area contributed by atoms with Gasteiger partial charge in [-0.15, -0.1) is 0 Å². The van der Waals surface area contributed by atoms with Crippen molar-refractivity contribution in [3.8, 4) is 5.82 Å². The normalized spacial score (nSPS) is 11.4. The third-order valence-electron chi connectivity index (χ3n) is 5.14. The minimum absolute atomic E-state index is 0.00397. The number of nitro groups is 1. The van der Waals surface area contributed by atoms with E-state index in [0.29, 0.717) is 11.3 Å². The van der Waals surface area contributed by atoms with Gasteiger partial charge in [-0.3, -0.25) is 10.1 Å². The Hall–Kier alpha value is -4.36. The van der Waals surface area contributed by atoms with Crippen LogP contribution in [0.2, 0.25) is 0 Å². The Balaban J connectivity index is 1.90. The van der Waals surface area contributed by atoms with Gasteiger partial charge in [-0.25, -0.2) is 23.3 Å². The van der Waals surface area contributed by atoms with Crippen molar-refractivity contribution >= 4 is 44.1 Å². The number of ether oxygens (including phenoxy) is 1. The number of esters is 1. The van der Waals surface area contributed by atoms with Gasteiger partial charge in [0.2, 0.25) is 10.0 Å². The van der Waals surface area contributed by atoms with E-state index in [1.54, 1.807) is 13.0 Å². The van der Waals surface area contributed by atoms with E-state index < -0.39 is 31.5 Å². The monoisotopic (exact) mass is 496 g/mol. The number of fused-ring (bicyclic) bond motifs is 1. The van der Waals surface area contributed by atoms with Gasteiger partial charge in [0.05, 0.1) is 28.1 Å². The SMILES string of the molecule is CCOC(=O)c1cnn(-c2cc(C)c3ccccc3n2)c1Nc1ccc(S(N)(=O)=O)cc1[N+](=O)[O-]. The van der Waals surface area contributed by atoms with E-state index in [1.165, 1.54) is 16.9 Å². The molecule has 0 radical (unpaired) electrons. The van der Waals surface area contributed by atoms with Crippen molar-refractivity contribution < 1.29 is 22.9 Å². The summed E-state index contributed by atoms with van der Waals surface area (Å²) >= 11 is 0. The van der Waals surface area contributed by atoms with Crippen molar-refractivity contribution in [1.82, 2.24) is 14.8 Å². The van der Waals surface area contributed by atoms with Crippen molar-refractivity contribution in [2.45, 2.75) is 18.7 Å². The minimum atomic E-state index is -4.18. The predicted molar refractivity (Wildman–Crippen MR) is 127 cm³/mol. The van der Waals surface area contributed by atoms with E-state index in [2.05, 4.69) is 15.4 Å². The van der Waals surface area contributed by atoms with Crippen molar-refractivity contribution in [2.75, 3.05) is 11.9 Å². The van der Waals surface area contributed by atoms with Crippen molar-refractivity contribution in [1.29, 1.82) is 0 Å². The van der Waals surface area contributed by atoms with Gasteiger partial charge in [0.1, 0.15) is 11.3 Å². The number of carbonyl (C=O) groups excluding carboxylic acids is 1. The quantitative estimate of drug-likeness (QED) is 0.221. The average molecular weight is 497 g/mol. The average Bonchev–Trinajstić information content (AvgIpc) is 3.22. The van der Waals surface area contributed by atoms with Gasteiger partial charge in [-0.2, -0.15) is 9.78 Å². The molecule has 0 unspecified atom stereocenters. The molecule has 0 saturated heterocycles. The molecule has 0 bridgehead atoms. The molecule has 12 nitrogen and oxygen atoms in total. The molecule has 2 aromatic carbocycles. The van der Waals surface area contributed by atoms with E-state index in [9.17, 15) is 23.3 Å². The maximum Gasteiger partial charge on any atom is 0.343 e. The summed E-state index contributed by atoms with van der Waals surface area (Å²) in [6.07, 6.45) is 1.26. The molecule has 2 heterocycles. The first-order valence-electron chi connectivity index (χ1n) is 10.3. The Morgan fingerprint density at radius 3 is 2.66 bits per heavy atom. The minimum Gasteiger partial charge on any atom is -0.462 e. The van der Waals surface area contributed by atoms with Crippen LogP contribution in [-0.2, 0) is 14.8 Å². The summed E-state index contributed by atoms with van der Waals surface area (Å²) in [6, 6.07) is 12.4. The molecular weight excluding hydrogens is 476 g/mol. The lowest BCUT2D eigenvalue weighted by molar-refractivity contribution is -0.384. The molecule has 0 spiro atoms. The van der Waals surface area contributed by atoms with Crippen LogP contribution in [0.5, 0.6) is 0 Å². The summed E-state index contributed by atoms with van der Waals surface area (Å²) in [5.74, 6) is -0.303. The summed E-state index contributed by atoms with van der Waals surface area (Å²) in [6.45, 7) is 3.63. The second-order valence-corrected chi connectivity index (χ2v) is 9.02. The second kappa shape index (κ2) is 9.12. The Kier molecular flexibility index (Phi) is 6.20. The number of hydrogen-bond donors (Lipinski definition) is 2. The highest BCUT2D eigenvalue weighted by Crippen LogP contribution is 2.33. The molecular formula is C22H20N6O6S. The summed E-state index contributed by atoms with van der Waals surface area (Å²) < 4.78 is 29.8. The number of rotatable bonds is 7. The highest BCUT2D eigenvalue weighted by molar-refractivity contribution is 7.89. The van der Waals surface area contributed by atoms with Crippen LogP contribution in [0.3, 0.4) is 0 Å². The van der Waals surface area contributed by atoms with E-state index in [4.69, 9.17) is 9.88 Å². The van der Waals surface area contributed by atoms with Crippen LogP contribution in [0.4, 0.5) is 17.2 Å². The summed E-state index contributed by atoms with van der Waals surface area (Å²) in [7, 11) is -4.18. The van der Waals surface area contributed by atoms with E-state index in [-0.39, 0.29) is 23.7 Å². The van der Waals surface area contributed by atoms with Gasteiger partial charge in [0.15, 0.2) is 11.6 Å². The fourth-order valence-electron chi connectivity index (χ4n) is 3.51. The lowest BCUT2D eigenvalue weighted by Crippen LogP contribution is -2.13. The third kappa shape index (κ3) is 4.67. The van der Waals surface area contributed by atoms with Crippen LogP contribution in [0, 0.1) is 17.0 Å². The third-order valence-corrected chi connectivity index (χ3v) is 6.05. The zero-order chi connectivity index (χ0) is 25.3. The Labute approximate surface area is 199 Å². The number of primary sulfonamides is 1. The molecule has 0 fully saturated rings. The van der Waals surface area contributed by atoms with E-state index >= 15 is 0 Å². The molecule has 35 heavy (non-hydrogen) atoms. The lowest BCUT2D eigenvalue weighted by Gasteiger charge is -2.13.